The van der Waals surface area contributed by atoms with E-state index < -0.39 is 5.82 Å². The van der Waals surface area contributed by atoms with Gasteiger partial charge in [-0.05, 0) is 40.8 Å². The number of carbonyl (C=O) groups is 1. The van der Waals surface area contributed by atoms with E-state index in [9.17, 15) is 14.3 Å². The topological polar surface area (TPSA) is 37.3 Å². The summed E-state index contributed by atoms with van der Waals surface area (Å²) in [5, 5.41) is 10.2. The third-order valence-electron chi connectivity index (χ3n) is 3.36. The van der Waals surface area contributed by atoms with E-state index in [-0.39, 0.29) is 21.8 Å². The van der Waals surface area contributed by atoms with Gasteiger partial charge in [-0.15, -0.1) is 0 Å². The summed E-state index contributed by atoms with van der Waals surface area (Å²) >= 11 is 5.68. The molecule has 0 aliphatic rings. The molecule has 0 aliphatic heterocycles. The molecule has 0 radical (unpaired) electrons. The summed E-state index contributed by atoms with van der Waals surface area (Å²) in [6.07, 6.45) is 0.598. The summed E-state index contributed by atoms with van der Waals surface area (Å²) in [5.41, 5.74) is 1.76. The van der Waals surface area contributed by atoms with Crippen LogP contribution in [0.4, 0.5) is 4.39 Å². The third-order valence-corrected chi connectivity index (χ3v) is 3.67. The highest BCUT2D eigenvalue weighted by Crippen LogP contribution is 2.37. The molecule has 0 saturated heterocycles. The average molecular weight is 307 g/mol. The van der Waals surface area contributed by atoms with Gasteiger partial charge in [0.25, 0.3) is 0 Å². The van der Waals surface area contributed by atoms with Crippen molar-refractivity contribution in [2.45, 2.75) is 26.2 Å². The average Bonchev–Trinajstić information content (AvgIpc) is 2.41. The van der Waals surface area contributed by atoms with Crippen molar-refractivity contribution in [3.05, 3.63) is 52.3 Å². The fourth-order valence-corrected chi connectivity index (χ4v) is 2.18. The van der Waals surface area contributed by atoms with Crippen LogP contribution in [0.15, 0.2) is 30.3 Å². The van der Waals surface area contributed by atoms with Gasteiger partial charge >= 0.3 is 0 Å². The molecule has 2 rings (SSSR count). The summed E-state index contributed by atoms with van der Waals surface area (Å²) in [6, 6.07) is 7.71. The van der Waals surface area contributed by atoms with Crippen LogP contribution in [0, 0.1) is 5.82 Å². The standard InChI is InChI=1S/C17H16ClFO2/c1-17(2,3)12-6-11(9-20)16(21)13(8-12)10-4-5-14(18)15(19)7-10/h4-9,21H,1-3H3. The van der Waals surface area contributed by atoms with Gasteiger partial charge in [-0.3, -0.25) is 4.79 Å². The van der Waals surface area contributed by atoms with Gasteiger partial charge in [0.05, 0.1) is 10.6 Å². The molecule has 2 aromatic rings. The Morgan fingerprint density at radius 1 is 1.19 bits per heavy atom. The van der Waals surface area contributed by atoms with Crippen LogP contribution < -0.4 is 0 Å². The van der Waals surface area contributed by atoms with Crippen molar-refractivity contribution < 1.29 is 14.3 Å². The van der Waals surface area contributed by atoms with E-state index in [4.69, 9.17) is 11.6 Å². The lowest BCUT2D eigenvalue weighted by Crippen LogP contribution is -2.11. The largest absolute Gasteiger partial charge is 0.507 e. The molecule has 0 aliphatic carbocycles. The molecular weight excluding hydrogens is 291 g/mol. The first-order valence-electron chi connectivity index (χ1n) is 6.52. The number of carbonyl (C=O) groups excluding carboxylic acids is 1. The molecule has 2 nitrogen and oxygen atoms in total. The molecule has 0 amide bonds. The van der Waals surface area contributed by atoms with Crippen LogP contribution in [0.3, 0.4) is 0 Å². The van der Waals surface area contributed by atoms with E-state index >= 15 is 0 Å². The highest BCUT2D eigenvalue weighted by molar-refractivity contribution is 6.30. The Labute approximate surface area is 128 Å². The maximum atomic E-state index is 13.6. The number of aromatic hydroxyl groups is 1. The zero-order valence-electron chi connectivity index (χ0n) is 12.1. The smallest absolute Gasteiger partial charge is 0.153 e. The van der Waals surface area contributed by atoms with Crippen LogP contribution >= 0.6 is 11.6 Å². The number of hydrogen-bond donors (Lipinski definition) is 1. The molecule has 0 heterocycles. The van der Waals surface area contributed by atoms with E-state index in [2.05, 4.69) is 0 Å². The van der Waals surface area contributed by atoms with E-state index in [1.807, 2.05) is 20.8 Å². The quantitative estimate of drug-likeness (QED) is 0.796. The minimum Gasteiger partial charge on any atom is -0.507 e. The molecule has 0 saturated carbocycles. The van der Waals surface area contributed by atoms with Gasteiger partial charge in [0.2, 0.25) is 0 Å². The Kier molecular flexibility index (Phi) is 4.06. The first-order chi connectivity index (χ1) is 9.74. The summed E-state index contributed by atoms with van der Waals surface area (Å²) in [4.78, 5) is 11.2. The Balaban J connectivity index is 2.72. The van der Waals surface area contributed by atoms with Gasteiger partial charge in [-0.1, -0.05) is 38.4 Å². The molecule has 2 aromatic carbocycles. The zero-order chi connectivity index (χ0) is 15.8. The second-order valence-electron chi connectivity index (χ2n) is 5.96. The van der Waals surface area contributed by atoms with E-state index in [0.29, 0.717) is 17.4 Å². The van der Waals surface area contributed by atoms with Gasteiger partial charge in [0.15, 0.2) is 6.29 Å². The maximum absolute atomic E-state index is 13.6. The van der Waals surface area contributed by atoms with Crippen molar-refractivity contribution >= 4 is 17.9 Å². The third kappa shape index (κ3) is 3.08. The summed E-state index contributed by atoms with van der Waals surface area (Å²) in [6.45, 7) is 6.00. The van der Waals surface area contributed by atoms with Gasteiger partial charge in [0.1, 0.15) is 11.6 Å². The number of halogens is 2. The highest BCUT2D eigenvalue weighted by atomic mass is 35.5. The lowest BCUT2D eigenvalue weighted by molar-refractivity contribution is 0.112. The first-order valence-corrected chi connectivity index (χ1v) is 6.90. The van der Waals surface area contributed by atoms with Crippen LogP contribution in [0.25, 0.3) is 11.1 Å². The molecule has 110 valence electrons. The predicted molar refractivity (Wildman–Crippen MR) is 82.6 cm³/mol. The Morgan fingerprint density at radius 3 is 2.38 bits per heavy atom. The van der Waals surface area contributed by atoms with Gasteiger partial charge < -0.3 is 5.11 Å². The fraction of sp³-hybridized carbons (Fsp3) is 0.235. The van der Waals surface area contributed by atoms with Crippen LogP contribution in [0.2, 0.25) is 5.02 Å². The molecule has 21 heavy (non-hydrogen) atoms. The monoisotopic (exact) mass is 306 g/mol. The van der Waals surface area contributed by atoms with Crippen molar-refractivity contribution in [1.29, 1.82) is 0 Å². The number of aldehydes is 1. The Morgan fingerprint density at radius 2 is 1.86 bits per heavy atom. The van der Waals surface area contributed by atoms with Crippen LogP contribution in [0.1, 0.15) is 36.7 Å². The normalized spacial score (nSPS) is 11.5. The molecule has 0 spiro atoms. The lowest BCUT2D eigenvalue weighted by atomic mass is 9.84. The number of rotatable bonds is 2. The lowest BCUT2D eigenvalue weighted by Gasteiger charge is -2.21. The van der Waals surface area contributed by atoms with Crippen molar-refractivity contribution in [3.8, 4) is 16.9 Å². The Hall–Kier alpha value is -1.87. The number of hydrogen-bond acceptors (Lipinski definition) is 2. The summed E-state index contributed by atoms with van der Waals surface area (Å²) in [7, 11) is 0. The minimum atomic E-state index is -0.567. The van der Waals surface area contributed by atoms with Crippen LogP contribution in [-0.4, -0.2) is 11.4 Å². The van der Waals surface area contributed by atoms with Crippen LogP contribution in [-0.2, 0) is 5.41 Å². The Bertz CT molecular complexity index is 703. The molecule has 0 fully saturated rings. The number of phenols is 1. The zero-order valence-corrected chi connectivity index (χ0v) is 12.8. The maximum Gasteiger partial charge on any atom is 0.153 e. The highest BCUT2D eigenvalue weighted by Gasteiger charge is 2.19. The molecule has 0 bridgehead atoms. The van der Waals surface area contributed by atoms with E-state index in [1.54, 1.807) is 18.2 Å². The van der Waals surface area contributed by atoms with Gasteiger partial charge in [-0.25, -0.2) is 4.39 Å². The minimum absolute atomic E-state index is 0.0147. The molecule has 4 heteroatoms. The van der Waals surface area contributed by atoms with Crippen LogP contribution in [0.5, 0.6) is 5.75 Å². The molecule has 1 N–H and O–H groups in total. The van der Waals surface area contributed by atoms with E-state index in [1.165, 1.54) is 12.1 Å². The number of benzene rings is 2. The van der Waals surface area contributed by atoms with Gasteiger partial charge in [-0.2, -0.15) is 0 Å². The molecule has 0 unspecified atom stereocenters. The fourth-order valence-electron chi connectivity index (χ4n) is 2.06. The van der Waals surface area contributed by atoms with E-state index in [0.717, 1.165) is 5.56 Å². The first kappa shape index (κ1) is 15.5. The predicted octanol–water partition coefficient (Wildman–Crippen LogP) is 4.96. The SMILES string of the molecule is CC(C)(C)c1cc(C=O)c(O)c(-c2ccc(Cl)c(F)c2)c1. The van der Waals surface area contributed by atoms with Crippen molar-refractivity contribution in [2.24, 2.45) is 0 Å². The molecular formula is C17H16ClFO2. The second kappa shape index (κ2) is 5.49. The summed E-state index contributed by atoms with van der Waals surface area (Å²) < 4.78 is 13.6. The van der Waals surface area contributed by atoms with Crippen molar-refractivity contribution in [2.75, 3.05) is 0 Å². The van der Waals surface area contributed by atoms with Gasteiger partial charge in [0, 0.05) is 5.56 Å². The van der Waals surface area contributed by atoms with Crippen molar-refractivity contribution in [3.63, 3.8) is 0 Å². The van der Waals surface area contributed by atoms with Crippen molar-refractivity contribution in [1.82, 2.24) is 0 Å². The molecule has 0 aromatic heterocycles. The number of phenolic OH excluding ortho intramolecular Hbond substituents is 1. The summed E-state index contributed by atoms with van der Waals surface area (Å²) in [5.74, 6) is -0.720. The second-order valence-corrected chi connectivity index (χ2v) is 6.37. The molecule has 0 atom stereocenters.